The van der Waals surface area contributed by atoms with Crippen LogP contribution in [-0.2, 0) is 9.59 Å². The van der Waals surface area contributed by atoms with E-state index in [1.54, 1.807) is 29.2 Å². The molecule has 1 fully saturated rings. The monoisotopic (exact) mass is 426 g/mol. The highest BCUT2D eigenvalue weighted by molar-refractivity contribution is 5.92. The molecule has 0 saturated carbocycles. The van der Waals surface area contributed by atoms with Gasteiger partial charge in [0.1, 0.15) is 5.82 Å². The lowest BCUT2D eigenvalue weighted by Crippen LogP contribution is -2.51. The summed E-state index contributed by atoms with van der Waals surface area (Å²) in [5, 5.41) is 11.6. The molecular weight excluding hydrogens is 403 g/mol. The minimum atomic E-state index is -0.411. The lowest BCUT2D eigenvalue weighted by Gasteiger charge is -2.34. The number of nitrogens with zero attached hydrogens (tertiary/aromatic N) is 3. The van der Waals surface area contributed by atoms with Crippen LogP contribution in [0.5, 0.6) is 11.5 Å². The van der Waals surface area contributed by atoms with Crippen molar-refractivity contribution in [1.29, 1.82) is 5.26 Å². The number of methoxy groups -OCH3 is 1. The van der Waals surface area contributed by atoms with E-state index in [-0.39, 0.29) is 25.0 Å². The Morgan fingerprint density at radius 1 is 1.13 bits per heavy atom. The molecular formula is C22H23FN4O4. The van der Waals surface area contributed by atoms with E-state index < -0.39 is 5.82 Å². The van der Waals surface area contributed by atoms with E-state index in [0.717, 1.165) is 0 Å². The van der Waals surface area contributed by atoms with Crippen molar-refractivity contribution in [1.82, 2.24) is 9.80 Å². The van der Waals surface area contributed by atoms with E-state index in [1.807, 2.05) is 11.0 Å². The smallest absolute Gasteiger partial charge is 0.260 e. The lowest BCUT2D eigenvalue weighted by molar-refractivity contribution is -0.135. The van der Waals surface area contributed by atoms with Gasteiger partial charge in [-0.05, 0) is 30.3 Å². The van der Waals surface area contributed by atoms with Gasteiger partial charge in [-0.2, -0.15) is 5.26 Å². The summed E-state index contributed by atoms with van der Waals surface area (Å²) < 4.78 is 24.0. The fourth-order valence-corrected chi connectivity index (χ4v) is 3.21. The first kappa shape index (κ1) is 22.1. The molecule has 1 aliphatic heterocycles. The number of halogens is 1. The highest BCUT2D eigenvalue weighted by Gasteiger charge is 2.23. The van der Waals surface area contributed by atoms with Gasteiger partial charge >= 0.3 is 0 Å². The molecule has 0 aromatic heterocycles. The van der Waals surface area contributed by atoms with Crippen LogP contribution in [0.2, 0.25) is 0 Å². The molecule has 2 aromatic carbocycles. The quantitative estimate of drug-likeness (QED) is 0.726. The Labute approximate surface area is 179 Å². The average molecular weight is 426 g/mol. The van der Waals surface area contributed by atoms with E-state index in [2.05, 4.69) is 5.32 Å². The molecule has 1 aliphatic rings. The molecule has 0 atom stereocenters. The minimum Gasteiger partial charge on any atom is -0.493 e. The predicted molar refractivity (Wildman–Crippen MR) is 111 cm³/mol. The Bertz CT molecular complexity index is 984. The molecule has 2 amide bonds. The number of piperazine rings is 1. The fourth-order valence-electron chi connectivity index (χ4n) is 3.21. The van der Waals surface area contributed by atoms with Crippen molar-refractivity contribution in [2.24, 2.45) is 0 Å². The number of nitriles is 1. The van der Waals surface area contributed by atoms with Crippen LogP contribution in [0.3, 0.4) is 0 Å². The molecule has 1 heterocycles. The maximum atomic E-state index is 13.2. The third kappa shape index (κ3) is 6.17. The number of benzene rings is 2. The van der Waals surface area contributed by atoms with Crippen LogP contribution in [0.15, 0.2) is 42.5 Å². The summed E-state index contributed by atoms with van der Waals surface area (Å²) in [5.74, 6) is -0.0360. The minimum absolute atomic E-state index is 0.150. The Hall–Kier alpha value is -3.64. The number of anilines is 1. The first-order valence-electron chi connectivity index (χ1n) is 9.75. The highest BCUT2D eigenvalue weighted by atomic mass is 19.1. The second kappa shape index (κ2) is 10.4. The van der Waals surface area contributed by atoms with E-state index in [0.29, 0.717) is 48.9 Å². The third-order valence-corrected chi connectivity index (χ3v) is 4.84. The Kier molecular flexibility index (Phi) is 7.40. The third-order valence-electron chi connectivity index (χ3n) is 4.84. The number of amides is 2. The molecule has 3 rings (SSSR count). The Morgan fingerprint density at radius 3 is 2.58 bits per heavy atom. The molecule has 0 spiro atoms. The standard InChI is InChI=1S/C22H23FN4O4/c1-30-20-11-16(13-24)5-6-19(20)31-15-22(29)27-9-7-26(8-10-27)14-21(28)25-18-4-2-3-17(23)12-18/h2-6,11-12H,7-10,14-15H2,1H3,(H,25,28). The van der Waals surface area contributed by atoms with Crippen LogP contribution >= 0.6 is 0 Å². The Morgan fingerprint density at radius 2 is 1.90 bits per heavy atom. The molecule has 0 bridgehead atoms. The molecule has 8 nitrogen and oxygen atoms in total. The summed E-state index contributed by atoms with van der Waals surface area (Å²) in [4.78, 5) is 28.2. The van der Waals surface area contributed by atoms with Gasteiger partial charge in [0.2, 0.25) is 5.91 Å². The fraction of sp³-hybridized carbons (Fsp3) is 0.318. The van der Waals surface area contributed by atoms with Crippen molar-refractivity contribution < 1.29 is 23.5 Å². The first-order valence-corrected chi connectivity index (χ1v) is 9.75. The van der Waals surface area contributed by atoms with Crippen LogP contribution in [0, 0.1) is 17.1 Å². The average Bonchev–Trinajstić information content (AvgIpc) is 2.77. The number of hydrogen-bond donors (Lipinski definition) is 1. The maximum absolute atomic E-state index is 13.2. The normalized spacial score (nSPS) is 13.9. The topological polar surface area (TPSA) is 94.9 Å². The van der Waals surface area contributed by atoms with Gasteiger partial charge in [-0.1, -0.05) is 6.07 Å². The van der Waals surface area contributed by atoms with Crippen molar-refractivity contribution in [3.63, 3.8) is 0 Å². The summed E-state index contributed by atoms with van der Waals surface area (Å²) >= 11 is 0. The zero-order valence-corrected chi connectivity index (χ0v) is 17.1. The van der Waals surface area contributed by atoms with E-state index in [9.17, 15) is 14.0 Å². The molecule has 1 saturated heterocycles. The largest absolute Gasteiger partial charge is 0.493 e. The van der Waals surface area contributed by atoms with Crippen LogP contribution < -0.4 is 14.8 Å². The van der Waals surface area contributed by atoms with Gasteiger partial charge in [-0.3, -0.25) is 14.5 Å². The molecule has 0 radical (unpaired) electrons. The number of nitrogens with one attached hydrogen (secondary N) is 1. The van der Waals surface area contributed by atoms with Gasteiger partial charge in [-0.15, -0.1) is 0 Å². The van der Waals surface area contributed by atoms with Crippen molar-refractivity contribution in [2.45, 2.75) is 0 Å². The molecule has 162 valence electrons. The maximum Gasteiger partial charge on any atom is 0.260 e. The van der Waals surface area contributed by atoms with E-state index in [1.165, 1.54) is 25.3 Å². The number of hydrogen-bond acceptors (Lipinski definition) is 6. The van der Waals surface area contributed by atoms with Crippen LogP contribution in [0.1, 0.15) is 5.56 Å². The lowest BCUT2D eigenvalue weighted by atomic mass is 10.2. The van der Waals surface area contributed by atoms with Crippen molar-refractivity contribution >= 4 is 17.5 Å². The van der Waals surface area contributed by atoms with Gasteiger partial charge < -0.3 is 19.7 Å². The zero-order valence-electron chi connectivity index (χ0n) is 17.1. The zero-order chi connectivity index (χ0) is 22.2. The van der Waals surface area contributed by atoms with Gasteiger partial charge in [0.25, 0.3) is 5.91 Å². The number of carbonyl (C=O) groups excluding carboxylic acids is 2. The van der Waals surface area contributed by atoms with Gasteiger partial charge in [0.15, 0.2) is 18.1 Å². The molecule has 31 heavy (non-hydrogen) atoms. The first-order chi connectivity index (χ1) is 15.0. The second-order valence-corrected chi connectivity index (χ2v) is 6.98. The summed E-state index contributed by atoms with van der Waals surface area (Å²) in [6, 6.07) is 12.5. The predicted octanol–water partition coefficient (Wildman–Crippen LogP) is 1.87. The number of rotatable bonds is 7. The SMILES string of the molecule is COc1cc(C#N)ccc1OCC(=O)N1CCN(CC(=O)Nc2cccc(F)c2)CC1. The Balaban J connectivity index is 1.43. The summed E-state index contributed by atoms with van der Waals surface area (Å²) in [6.45, 7) is 2.05. The van der Waals surface area contributed by atoms with Crippen LogP contribution in [0.4, 0.5) is 10.1 Å². The van der Waals surface area contributed by atoms with Crippen molar-refractivity contribution in [3.05, 3.63) is 53.8 Å². The molecule has 2 aromatic rings. The van der Waals surface area contributed by atoms with Gasteiger partial charge in [-0.25, -0.2) is 4.39 Å². The van der Waals surface area contributed by atoms with Crippen molar-refractivity contribution in [3.8, 4) is 17.6 Å². The molecule has 0 unspecified atom stereocenters. The van der Waals surface area contributed by atoms with Gasteiger partial charge in [0.05, 0.1) is 25.3 Å². The van der Waals surface area contributed by atoms with Crippen LogP contribution in [-0.4, -0.2) is 68.1 Å². The van der Waals surface area contributed by atoms with E-state index in [4.69, 9.17) is 14.7 Å². The highest BCUT2D eigenvalue weighted by Crippen LogP contribution is 2.27. The van der Waals surface area contributed by atoms with E-state index >= 15 is 0 Å². The van der Waals surface area contributed by atoms with Crippen molar-refractivity contribution in [2.75, 3.05) is 51.8 Å². The molecule has 9 heteroatoms. The van der Waals surface area contributed by atoms with Gasteiger partial charge in [0, 0.05) is 37.9 Å². The molecule has 0 aliphatic carbocycles. The van der Waals surface area contributed by atoms with Crippen LogP contribution in [0.25, 0.3) is 0 Å². The number of carbonyl (C=O) groups is 2. The molecule has 1 N–H and O–H groups in total. The summed E-state index contributed by atoms with van der Waals surface area (Å²) in [6.07, 6.45) is 0. The summed E-state index contributed by atoms with van der Waals surface area (Å²) in [5.41, 5.74) is 0.849. The second-order valence-electron chi connectivity index (χ2n) is 6.98. The number of ether oxygens (including phenoxy) is 2. The summed E-state index contributed by atoms with van der Waals surface area (Å²) in [7, 11) is 1.47.